The first-order valence-electron chi connectivity index (χ1n) is 12.8. The molecule has 1 saturated carbocycles. The van der Waals surface area contributed by atoms with E-state index < -0.39 is 23.5 Å². The third-order valence-electron chi connectivity index (χ3n) is 7.47. The summed E-state index contributed by atoms with van der Waals surface area (Å²) in [6, 6.07) is 16.2. The molecule has 2 amide bonds. The molecule has 2 aromatic rings. The van der Waals surface area contributed by atoms with E-state index in [1.54, 1.807) is 17.9 Å². The van der Waals surface area contributed by atoms with Gasteiger partial charge in [0.25, 0.3) is 5.91 Å². The summed E-state index contributed by atoms with van der Waals surface area (Å²) in [7, 11) is 0. The molecule has 0 bridgehead atoms. The largest absolute Gasteiger partial charge is 0.481 e. The van der Waals surface area contributed by atoms with Crippen molar-refractivity contribution < 1.29 is 19.5 Å². The molecule has 2 aliphatic rings. The molecule has 7 nitrogen and oxygen atoms in total. The highest BCUT2D eigenvalue weighted by Gasteiger charge is 2.52. The standard InChI is InChI=1S/C29H37N3O4/c1-28(2,3)31-22-13-14-24(29(4,18-22)27(35)36)32-16-15-23(26(32)34)30-25(33)21-12-8-11-20(17-21)19-9-6-5-7-10-19/h5-12,17,22-24,31H,13-16,18H2,1-4H3,(H,30,33)(H,35,36)/t22?,23-,24?,29?/m0/s1. The fourth-order valence-electron chi connectivity index (χ4n) is 5.75. The number of carboxylic acid groups (broad SMARTS) is 1. The molecule has 7 heteroatoms. The summed E-state index contributed by atoms with van der Waals surface area (Å²) in [5.41, 5.74) is 1.26. The third kappa shape index (κ3) is 5.46. The van der Waals surface area contributed by atoms with Crippen LogP contribution < -0.4 is 10.6 Å². The van der Waals surface area contributed by atoms with E-state index in [0.717, 1.165) is 17.5 Å². The summed E-state index contributed by atoms with van der Waals surface area (Å²) in [6.45, 7) is 8.42. The van der Waals surface area contributed by atoms with Crippen molar-refractivity contribution in [3.63, 3.8) is 0 Å². The van der Waals surface area contributed by atoms with Gasteiger partial charge in [0.1, 0.15) is 6.04 Å². The van der Waals surface area contributed by atoms with Crippen LogP contribution in [0.1, 0.15) is 63.7 Å². The second-order valence-corrected chi connectivity index (χ2v) is 11.4. The number of carbonyl (C=O) groups excluding carboxylic acids is 2. The molecular weight excluding hydrogens is 454 g/mol. The number of nitrogens with one attached hydrogen (secondary N) is 2. The van der Waals surface area contributed by atoms with E-state index in [-0.39, 0.29) is 23.4 Å². The zero-order valence-electron chi connectivity index (χ0n) is 21.6. The van der Waals surface area contributed by atoms with Crippen molar-refractivity contribution in [1.29, 1.82) is 0 Å². The van der Waals surface area contributed by atoms with E-state index in [0.29, 0.717) is 31.4 Å². The SMILES string of the molecule is CC(C)(C)NC1CCC(N2CC[C@H](NC(=O)c3cccc(-c4ccccc4)c3)C2=O)C(C)(C(=O)O)C1. The second-order valence-electron chi connectivity index (χ2n) is 11.4. The lowest BCUT2D eigenvalue weighted by molar-refractivity contribution is -0.158. The normalized spacial score (nSPS) is 26.6. The minimum atomic E-state index is -1.06. The van der Waals surface area contributed by atoms with Crippen LogP contribution in [0.25, 0.3) is 11.1 Å². The van der Waals surface area contributed by atoms with Crippen molar-refractivity contribution in [3.8, 4) is 11.1 Å². The molecule has 0 spiro atoms. The monoisotopic (exact) mass is 491 g/mol. The molecule has 3 unspecified atom stereocenters. The highest BCUT2D eigenvalue weighted by Crippen LogP contribution is 2.41. The summed E-state index contributed by atoms with van der Waals surface area (Å²) >= 11 is 0. The lowest BCUT2D eigenvalue weighted by Crippen LogP contribution is -2.59. The van der Waals surface area contributed by atoms with E-state index in [2.05, 4.69) is 31.4 Å². The van der Waals surface area contributed by atoms with Crippen LogP contribution in [0.2, 0.25) is 0 Å². The van der Waals surface area contributed by atoms with Gasteiger partial charge in [-0.2, -0.15) is 0 Å². The summed E-state index contributed by atoms with van der Waals surface area (Å²) < 4.78 is 0. The zero-order chi connectivity index (χ0) is 26.1. The van der Waals surface area contributed by atoms with Gasteiger partial charge < -0.3 is 20.6 Å². The Morgan fingerprint density at radius 1 is 1.00 bits per heavy atom. The van der Waals surface area contributed by atoms with Crippen molar-refractivity contribution >= 4 is 17.8 Å². The third-order valence-corrected chi connectivity index (χ3v) is 7.47. The van der Waals surface area contributed by atoms with Gasteiger partial charge in [-0.25, -0.2) is 0 Å². The summed E-state index contributed by atoms with van der Waals surface area (Å²) in [6.07, 6.45) is 2.34. The van der Waals surface area contributed by atoms with Gasteiger partial charge in [-0.3, -0.25) is 14.4 Å². The molecule has 3 N–H and O–H groups in total. The van der Waals surface area contributed by atoms with Crippen molar-refractivity contribution in [2.45, 2.75) is 77.0 Å². The van der Waals surface area contributed by atoms with Crippen LogP contribution in [0, 0.1) is 5.41 Å². The number of benzene rings is 2. The van der Waals surface area contributed by atoms with Gasteiger partial charge in [0.05, 0.1) is 5.41 Å². The maximum Gasteiger partial charge on any atom is 0.311 e. The van der Waals surface area contributed by atoms with E-state index in [4.69, 9.17) is 0 Å². The van der Waals surface area contributed by atoms with Gasteiger partial charge in [0.2, 0.25) is 5.91 Å². The van der Waals surface area contributed by atoms with Crippen molar-refractivity contribution in [1.82, 2.24) is 15.5 Å². The number of nitrogens with zero attached hydrogens (tertiary/aromatic N) is 1. The first-order valence-corrected chi connectivity index (χ1v) is 12.8. The van der Waals surface area contributed by atoms with Crippen molar-refractivity contribution in [2.75, 3.05) is 6.54 Å². The fraction of sp³-hybridized carbons (Fsp3) is 0.483. The van der Waals surface area contributed by atoms with Crippen LogP contribution in [-0.4, -0.2) is 58.0 Å². The molecule has 2 fully saturated rings. The number of hydrogen-bond donors (Lipinski definition) is 3. The molecule has 192 valence electrons. The molecular formula is C29H37N3O4. The Balaban J connectivity index is 1.45. The van der Waals surface area contributed by atoms with Gasteiger partial charge in [0, 0.05) is 29.7 Å². The van der Waals surface area contributed by atoms with Gasteiger partial charge in [-0.05, 0) is 76.6 Å². The number of carboxylic acids is 1. The minimum Gasteiger partial charge on any atom is -0.481 e. The smallest absolute Gasteiger partial charge is 0.311 e. The quantitative estimate of drug-likeness (QED) is 0.566. The lowest BCUT2D eigenvalue weighted by atomic mass is 9.68. The molecule has 36 heavy (non-hydrogen) atoms. The summed E-state index contributed by atoms with van der Waals surface area (Å²) in [5.74, 6) is -1.37. The van der Waals surface area contributed by atoms with Gasteiger partial charge in [0.15, 0.2) is 0 Å². The Labute approximate surface area is 213 Å². The molecule has 0 aromatic heterocycles. The Kier molecular flexibility index (Phi) is 7.23. The van der Waals surface area contributed by atoms with Gasteiger partial charge in [-0.15, -0.1) is 0 Å². The first-order chi connectivity index (χ1) is 17.0. The second kappa shape index (κ2) is 10.1. The summed E-state index contributed by atoms with van der Waals surface area (Å²) in [5, 5.41) is 16.6. The average molecular weight is 492 g/mol. The number of aliphatic carboxylic acids is 1. The average Bonchev–Trinajstić information content (AvgIpc) is 3.18. The minimum absolute atomic E-state index is 0.0763. The van der Waals surface area contributed by atoms with Crippen LogP contribution in [0.4, 0.5) is 0 Å². The molecule has 1 aliphatic heterocycles. The van der Waals surface area contributed by atoms with Crippen LogP contribution in [-0.2, 0) is 9.59 Å². The van der Waals surface area contributed by atoms with E-state index in [1.165, 1.54) is 0 Å². The fourth-order valence-corrected chi connectivity index (χ4v) is 5.75. The highest BCUT2D eigenvalue weighted by molar-refractivity contribution is 5.99. The molecule has 4 rings (SSSR count). The van der Waals surface area contributed by atoms with Crippen LogP contribution in [0.5, 0.6) is 0 Å². The number of likely N-dealkylation sites (tertiary alicyclic amines) is 1. The Morgan fingerprint density at radius 3 is 2.36 bits per heavy atom. The molecule has 1 heterocycles. The topological polar surface area (TPSA) is 98.7 Å². The number of amides is 2. The van der Waals surface area contributed by atoms with Crippen molar-refractivity contribution in [2.24, 2.45) is 5.41 Å². The zero-order valence-corrected chi connectivity index (χ0v) is 21.6. The van der Waals surface area contributed by atoms with Crippen molar-refractivity contribution in [3.05, 3.63) is 60.2 Å². The number of hydrogen-bond acceptors (Lipinski definition) is 4. The Bertz CT molecular complexity index is 1130. The molecule has 1 aliphatic carbocycles. The predicted molar refractivity (Wildman–Crippen MR) is 140 cm³/mol. The number of rotatable bonds is 6. The van der Waals surface area contributed by atoms with Crippen LogP contribution in [0.3, 0.4) is 0 Å². The van der Waals surface area contributed by atoms with E-state index in [9.17, 15) is 19.5 Å². The molecule has 2 aromatic carbocycles. The first kappa shape index (κ1) is 25.9. The Morgan fingerprint density at radius 2 is 1.69 bits per heavy atom. The molecule has 1 saturated heterocycles. The highest BCUT2D eigenvalue weighted by atomic mass is 16.4. The number of carbonyl (C=O) groups is 3. The van der Waals surface area contributed by atoms with Crippen LogP contribution >= 0.6 is 0 Å². The van der Waals surface area contributed by atoms with Crippen LogP contribution in [0.15, 0.2) is 54.6 Å². The lowest BCUT2D eigenvalue weighted by Gasteiger charge is -2.47. The Hall–Kier alpha value is -3.19. The molecule has 4 atom stereocenters. The van der Waals surface area contributed by atoms with E-state index >= 15 is 0 Å². The van der Waals surface area contributed by atoms with E-state index in [1.807, 2.05) is 48.5 Å². The van der Waals surface area contributed by atoms with Gasteiger partial charge >= 0.3 is 5.97 Å². The predicted octanol–water partition coefficient (Wildman–Crippen LogP) is 4.08. The van der Waals surface area contributed by atoms with Gasteiger partial charge in [-0.1, -0.05) is 42.5 Å². The maximum atomic E-state index is 13.4. The summed E-state index contributed by atoms with van der Waals surface area (Å²) in [4.78, 5) is 40.5. The maximum absolute atomic E-state index is 13.4. The molecule has 0 radical (unpaired) electrons.